The van der Waals surface area contributed by atoms with Gasteiger partial charge in [-0.1, -0.05) is 49.2 Å². The van der Waals surface area contributed by atoms with E-state index >= 15 is 0 Å². The second kappa shape index (κ2) is 9.00. The minimum absolute atomic E-state index is 0.153. The zero-order chi connectivity index (χ0) is 19.1. The van der Waals surface area contributed by atoms with Crippen LogP contribution in [0.3, 0.4) is 0 Å². The average Bonchev–Trinajstić information content (AvgIpc) is 3.01. The van der Waals surface area contributed by atoms with Gasteiger partial charge in [-0.15, -0.1) is 0 Å². The lowest BCUT2D eigenvalue weighted by Gasteiger charge is -2.20. The molecule has 0 spiro atoms. The molecule has 1 heterocycles. The summed E-state index contributed by atoms with van der Waals surface area (Å²) in [5.41, 5.74) is 2.13. The fourth-order valence-corrected chi connectivity index (χ4v) is 3.33. The highest BCUT2D eigenvalue weighted by molar-refractivity contribution is 5.98. The van der Waals surface area contributed by atoms with Gasteiger partial charge in [0.15, 0.2) is 6.61 Å². The summed E-state index contributed by atoms with van der Waals surface area (Å²) in [4.78, 5) is 26.7. The average molecular weight is 362 g/mol. The van der Waals surface area contributed by atoms with Crippen LogP contribution in [0.1, 0.15) is 41.6 Å². The van der Waals surface area contributed by atoms with E-state index in [1.807, 2.05) is 12.1 Å². The van der Waals surface area contributed by atoms with Crippen LogP contribution in [0, 0.1) is 11.3 Å². The molecule has 138 valence electrons. The molecule has 5 nitrogen and oxygen atoms in total. The van der Waals surface area contributed by atoms with Crippen LogP contribution in [0.15, 0.2) is 48.5 Å². The Hall–Kier alpha value is -3.13. The van der Waals surface area contributed by atoms with Crippen molar-refractivity contribution in [1.82, 2.24) is 4.90 Å². The van der Waals surface area contributed by atoms with Gasteiger partial charge in [0, 0.05) is 18.7 Å². The monoisotopic (exact) mass is 362 g/mol. The Balaban J connectivity index is 1.74. The lowest BCUT2D eigenvalue weighted by molar-refractivity contribution is -0.134. The molecule has 27 heavy (non-hydrogen) atoms. The maximum atomic E-state index is 12.6. The number of nitriles is 1. The van der Waals surface area contributed by atoms with Gasteiger partial charge in [-0.3, -0.25) is 4.79 Å². The summed E-state index contributed by atoms with van der Waals surface area (Å²) < 4.78 is 5.31. The van der Waals surface area contributed by atoms with E-state index in [-0.39, 0.29) is 12.5 Å². The highest BCUT2D eigenvalue weighted by Crippen LogP contribution is 2.27. The summed E-state index contributed by atoms with van der Waals surface area (Å²) in [5, 5.41) is 9.34. The number of likely N-dealkylation sites (tertiary alicyclic amines) is 1. The molecule has 0 N–H and O–H groups in total. The van der Waals surface area contributed by atoms with Crippen molar-refractivity contribution in [2.75, 3.05) is 19.7 Å². The van der Waals surface area contributed by atoms with Crippen molar-refractivity contribution in [3.05, 3.63) is 59.7 Å². The third kappa shape index (κ3) is 4.53. The number of carbonyl (C=O) groups excluding carboxylic acids is 2. The fraction of sp³-hybridized carbons (Fsp3) is 0.318. The SMILES string of the molecule is N#Cc1ccccc1-c1ccccc1C(=O)OCC(=O)N1CCCCCC1. The van der Waals surface area contributed by atoms with Crippen LogP contribution in [-0.2, 0) is 9.53 Å². The van der Waals surface area contributed by atoms with Gasteiger partial charge in [0.2, 0.25) is 0 Å². The molecule has 2 aromatic carbocycles. The Kier molecular flexibility index (Phi) is 6.22. The molecule has 0 bridgehead atoms. The van der Waals surface area contributed by atoms with Crippen molar-refractivity contribution in [3.8, 4) is 17.2 Å². The van der Waals surface area contributed by atoms with Gasteiger partial charge >= 0.3 is 5.97 Å². The predicted molar refractivity (Wildman–Crippen MR) is 102 cm³/mol. The smallest absolute Gasteiger partial charge is 0.339 e. The Morgan fingerprint density at radius 3 is 2.26 bits per heavy atom. The van der Waals surface area contributed by atoms with Gasteiger partial charge in [-0.05, 0) is 30.5 Å². The first-order chi connectivity index (χ1) is 13.2. The van der Waals surface area contributed by atoms with Crippen LogP contribution in [-0.4, -0.2) is 36.5 Å². The van der Waals surface area contributed by atoms with Crippen LogP contribution < -0.4 is 0 Å². The first-order valence-electron chi connectivity index (χ1n) is 9.24. The van der Waals surface area contributed by atoms with Crippen molar-refractivity contribution in [3.63, 3.8) is 0 Å². The van der Waals surface area contributed by atoms with E-state index in [0.29, 0.717) is 22.3 Å². The molecule has 5 heteroatoms. The second-order valence-corrected chi connectivity index (χ2v) is 6.57. The standard InChI is InChI=1S/C22H22N2O3/c23-15-17-9-3-4-10-18(17)19-11-5-6-12-20(19)22(26)27-16-21(25)24-13-7-1-2-8-14-24/h3-6,9-12H,1-2,7-8,13-14,16H2. The van der Waals surface area contributed by atoms with Gasteiger partial charge in [-0.25, -0.2) is 4.79 Å². The molecule has 0 saturated carbocycles. The molecule has 2 aromatic rings. The van der Waals surface area contributed by atoms with Crippen molar-refractivity contribution in [2.24, 2.45) is 0 Å². The van der Waals surface area contributed by atoms with Crippen molar-refractivity contribution < 1.29 is 14.3 Å². The summed E-state index contributed by atoms with van der Waals surface area (Å²) >= 11 is 0. The fourth-order valence-electron chi connectivity index (χ4n) is 3.33. The Morgan fingerprint density at radius 1 is 0.926 bits per heavy atom. The van der Waals surface area contributed by atoms with E-state index in [1.165, 1.54) is 0 Å². The van der Waals surface area contributed by atoms with E-state index in [0.717, 1.165) is 38.8 Å². The minimum atomic E-state index is -0.554. The Bertz CT molecular complexity index is 862. The van der Waals surface area contributed by atoms with Gasteiger partial charge in [-0.2, -0.15) is 5.26 Å². The molecule has 1 saturated heterocycles. The molecule has 0 aromatic heterocycles. The minimum Gasteiger partial charge on any atom is -0.452 e. The van der Waals surface area contributed by atoms with Crippen LogP contribution in [0.5, 0.6) is 0 Å². The molecule has 0 radical (unpaired) electrons. The number of amides is 1. The lowest BCUT2D eigenvalue weighted by Crippen LogP contribution is -2.35. The third-order valence-electron chi connectivity index (χ3n) is 4.77. The summed E-state index contributed by atoms with van der Waals surface area (Å²) in [6, 6.07) is 16.2. The van der Waals surface area contributed by atoms with Crippen LogP contribution in [0.2, 0.25) is 0 Å². The summed E-state index contributed by atoms with van der Waals surface area (Å²) in [5.74, 6) is -0.707. The Labute approximate surface area is 159 Å². The largest absolute Gasteiger partial charge is 0.452 e. The quantitative estimate of drug-likeness (QED) is 0.776. The summed E-state index contributed by atoms with van der Waals surface area (Å²) in [6.45, 7) is 1.19. The molecule has 1 aliphatic rings. The summed E-state index contributed by atoms with van der Waals surface area (Å²) in [6.07, 6.45) is 4.26. The number of hydrogen-bond acceptors (Lipinski definition) is 4. The maximum Gasteiger partial charge on any atom is 0.339 e. The molecule has 1 aliphatic heterocycles. The number of benzene rings is 2. The molecular weight excluding hydrogens is 340 g/mol. The van der Waals surface area contributed by atoms with Gasteiger partial charge < -0.3 is 9.64 Å². The predicted octanol–water partition coefficient (Wildman–Crippen LogP) is 3.78. The number of rotatable bonds is 4. The van der Waals surface area contributed by atoms with Crippen molar-refractivity contribution >= 4 is 11.9 Å². The van der Waals surface area contributed by atoms with Crippen LogP contribution >= 0.6 is 0 Å². The zero-order valence-corrected chi connectivity index (χ0v) is 15.2. The van der Waals surface area contributed by atoms with Gasteiger partial charge in [0.1, 0.15) is 0 Å². The Morgan fingerprint density at radius 2 is 1.56 bits per heavy atom. The molecular formula is C22H22N2O3. The van der Waals surface area contributed by atoms with E-state index in [9.17, 15) is 14.9 Å². The van der Waals surface area contributed by atoms with E-state index < -0.39 is 5.97 Å². The highest BCUT2D eigenvalue weighted by Gasteiger charge is 2.20. The van der Waals surface area contributed by atoms with E-state index in [2.05, 4.69) is 6.07 Å². The number of hydrogen-bond donors (Lipinski definition) is 0. The third-order valence-corrected chi connectivity index (χ3v) is 4.77. The number of esters is 1. The maximum absolute atomic E-state index is 12.6. The number of ether oxygens (including phenoxy) is 1. The molecule has 1 fully saturated rings. The van der Waals surface area contributed by atoms with Crippen LogP contribution in [0.25, 0.3) is 11.1 Å². The molecule has 0 unspecified atom stereocenters. The molecule has 0 aliphatic carbocycles. The van der Waals surface area contributed by atoms with Crippen molar-refractivity contribution in [2.45, 2.75) is 25.7 Å². The molecule has 1 amide bonds. The van der Waals surface area contributed by atoms with E-state index in [4.69, 9.17) is 4.74 Å². The normalized spacial score (nSPS) is 14.1. The van der Waals surface area contributed by atoms with Crippen LogP contribution in [0.4, 0.5) is 0 Å². The highest BCUT2D eigenvalue weighted by atomic mass is 16.5. The number of nitrogens with zero attached hydrogens (tertiary/aromatic N) is 2. The topological polar surface area (TPSA) is 70.4 Å². The molecule has 3 rings (SSSR count). The molecule has 0 atom stereocenters. The lowest BCUT2D eigenvalue weighted by atomic mass is 9.96. The van der Waals surface area contributed by atoms with E-state index in [1.54, 1.807) is 41.3 Å². The second-order valence-electron chi connectivity index (χ2n) is 6.57. The first-order valence-corrected chi connectivity index (χ1v) is 9.24. The van der Waals surface area contributed by atoms with Gasteiger partial charge in [0.05, 0.1) is 17.2 Å². The number of carbonyl (C=O) groups is 2. The summed E-state index contributed by atoms with van der Waals surface area (Å²) in [7, 11) is 0. The van der Waals surface area contributed by atoms with Gasteiger partial charge in [0.25, 0.3) is 5.91 Å². The zero-order valence-electron chi connectivity index (χ0n) is 15.2. The van der Waals surface area contributed by atoms with Crippen molar-refractivity contribution in [1.29, 1.82) is 5.26 Å². The first kappa shape index (κ1) is 18.7.